The molecule has 3 nitrogen and oxygen atoms in total. The van der Waals surface area contributed by atoms with Crippen LogP contribution in [-0.2, 0) is 4.79 Å². The molecule has 2 atom stereocenters. The largest absolute Gasteiger partial charge is 0.336 e. The highest BCUT2D eigenvalue weighted by Gasteiger charge is 2.32. The third-order valence-corrected chi connectivity index (χ3v) is 3.69. The van der Waals surface area contributed by atoms with Crippen molar-refractivity contribution in [3.63, 3.8) is 0 Å². The fourth-order valence-electron chi connectivity index (χ4n) is 1.93. The van der Waals surface area contributed by atoms with E-state index in [1.165, 1.54) is 4.88 Å². The van der Waals surface area contributed by atoms with Crippen molar-refractivity contribution in [3.05, 3.63) is 22.4 Å². The maximum absolute atomic E-state index is 11.5. The summed E-state index contributed by atoms with van der Waals surface area (Å²) in [5, 5.41) is 2.02. The topological polar surface area (TPSA) is 46.3 Å². The minimum Gasteiger partial charge on any atom is -0.336 e. The van der Waals surface area contributed by atoms with E-state index in [9.17, 15) is 4.79 Å². The van der Waals surface area contributed by atoms with Crippen LogP contribution in [0.15, 0.2) is 17.5 Å². The second-order valence-corrected chi connectivity index (χ2v) is 4.65. The molecule has 1 fully saturated rings. The molecule has 2 rings (SSSR count). The highest BCUT2D eigenvalue weighted by atomic mass is 32.1. The van der Waals surface area contributed by atoms with Crippen LogP contribution in [0.3, 0.4) is 0 Å². The molecule has 0 unspecified atom stereocenters. The molecule has 1 aliphatic heterocycles. The Balaban J connectivity index is 2.26. The average molecular weight is 210 g/mol. The molecule has 1 amide bonds. The molecule has 0 aliphatic carbocycles. The van der Waals surface area contributed by atoms with Gasteiger partial charge in [-0.3, -0.25) is 4.79 Å². The SMILES string of the molecule is CN1C(=O)CC[C@H](N)[C@H]1c1cccs1. The number of nitrogens with zero attached hydrogens (tertiary/aromatic N) is 1. The molecule has 76 valence electrons. The zero-order valence-corrected chi connectivity index (χ0v) is 8.96. The first kappa shape index (κ1) is 9.68. The van der Waals surface area contributed by atoms with Crippen molar-refractivity contribution in [2.24, 2.45) is 5.73 Å². The number of nitrogens with two attached hydrogens (primary N) is 1. The van der Waals surface area contributed by atoms with Gasteiger partial charge in [-0.25, -0.2) is 0 Å². The Morgan fingerprint density at radius 3 is 3.07 bits per heavy atom. The van der Waals surface area contributed by atoms with Crippen LogP contribution < -0.4 is 5.73 Å². The Morgan fingerprint density at radius 1 is 1.64 bits per heavy atom. The highest BCUT2D eigenvalue weighted by molar-refractivity contribution is 7.10. The van der Waals surface area contributed by atoms with Gasteiger partial charge in [0.1, 0.15) is 0 Å². The number of likely N-dealkylation sites (tertiary alicyclic amines) is 1. The molecule has 1 aliphatic rings. The first-order chi connectivity index (χ1) is 6.70. The minimum atomic E-state index is 0.0799. The number of thiophene rings is 1. The summed E-state index contributed by atoms with van der Waals surface area (Å²) in [5.41, 5.74) is 6.04. The molecule has 0 bridgehead atoms. The predicted octanol–water partition coefficient (Wildman–Crippen LogP) is 1.37. The van der Waals surface area contributed by atoms with Gasteiger partial charge in [0.05, 0.1) is 6.04 Å². The summed E-state index contributed by atoms with van der Waals surface area (Å²) in [6.45, 7) is 0. The lowest BCUT2D eigenvalue weighted by Crippen LogP contribution is -2.46. The lowest BCUT2D eigenvalue weighted by molar-refractivity contribution is -0.135. The number of carbonyl (C=O) groups is 1. The fourth-order valence-corrected chi connectivity index (χ4v) is 2.87. The van der Waals surface area contributed by atoms with Gasteiger partial charge in [0.15, 0.2) is 0 Å². The first-order valence-electron chi connectivity index (χ1n) is 4.75. The second kappa shape index (κ2) is 3.71. The molecule has 14 heavy (non-hydrogen) atoms. The smallest absolute Gasteiger partial charge is 0.222 e. The summed E-state index contributed by atoms with van der Waals surface area (Å²) >= 11 is 1.67. The van der Waals surface area contributed by atoms with Crippen molar-refractivity contribution in [2.45, 2.75) is 24.9 Å². The summed E-state index contributed by atoms with van der Waals surface area (Å²) in [6.07, 6.45) is 1.38. The molecule has 4 heteroatoms. The third kappa shape index (κ3) is 1.55. The van der Waals surface area contributed by atoms with Crippen molar-refractivity contribution in [3.8, 4) is 0 Å². The molecule has 0 saturated carbocycles. The van der Waals surface area contributed by atoms with Gasteiger partial charge in [-0.05, 0) is 17.9 Å². The van der Waals surface area contributed by atoms with E-state index >= 15 is 0 Å². The van der Waals surface area contributed by atoms with E-state index in [0.29, 0.717) is 6.42 Å². The third-order valence-electron chi connectivity index (χ3n) is 2.74. The van der Waals surface area contributed by atoms with Crippen LogP contribution in [0, 0.1) is 0 Å². The summed E-state index contributed by atoms with van der Waals surface area (Å²) < 4.78 is 0. The minimum absolute atomic E-state index is 0.0799. The zero-order chi connectivity index (χ0) is 10.1. The molecular formula is C10H14N2OS. The van der Waals surface area contributed by atoms with Crippen molar-refractivity contribution >= 4 is 17.2 Å². The maximum atomic E-state index is 11.5. The Morgan fingerprint density at radius 2 is 2.43 bits per heavy atom. The van der Waals surface area contributed by atoms with E-state index in [-0.39, 0.29) is 18.0 Å². The van der Waals surface area contributed by atoms with Crippen molar-refractivity contribution in [2.75, 3.05) is 7.05 Å². The Hall–Kier alpha value is -0.870. The van der Waals surface area contributed by atoms with Gasteiger partial charge in [0.2, 0.25) is 5.91 Å². The highest BCUT2D eigenvalue weighted by Crippen LogP contribution is 2.31. The van der Waals surface area contributed by atoms with Crippen LogP contribution in [0.1, 0.15) is 23.8 Å². The fraction of sp³-hybridized carbons (Fsp3) is 0.500. The molecule has 1 aromatic rings. The van der Waals surface area contributed by atoms with Gasteiger partial charge < -0.3 is 10.6 Å². The number of carbonyl (C=O) groups excluding carboxylic acids is 1. The number of likely N-dealkylation sites (N-methyl/N-ethyl adjacent to an activating group) is 1. The predicted molar refractivity (Wildman–Crippen MR) is 57.0 cm³/mol. The van der Waals surface area contributed by atoms with E-state index < -0.39 is 0 Å². The van der Waals surface area contributed by atoms with Crippen molar-refractivity contribution in [1.29, 1.82) is 0 Å². The number of rotatable bonds is 1. The molecule has 2 N–H and O–H groups in total. The van der Waals surface area contributed by atoms with E-state index in [0.717, 1.165) is 6.42 Å². The normalized spacial score (nSPS) is 28.1. The lowest BCUT2D eigenvalue weighted by Gasteiger charge is -2.36. The van der Waals surface area contributed by atoms with Crippen LogP contribution in [0.5, 0.6) is 0 Å². The van der Waals surface area contributed by atoms with Crippen molar-refractivity contribution < 1.29 is 4.79 Å². The summed E-state index contributed by atoms with van der Waals surface area (Å²) in [5.74, 6) is 0.199. The monoisotopic (exact) mass is 210 g/mol. The first-order valence-corrected chi connectivity index (χ1v) is 5.63. The quantitative estimate of drug-likeness (QED) is 0.761. The van der Waals surface area contributed by atoms with Gasteiger partial charge in [0.25, 0.3) is 0 Å². The van der Waals surface area contributed by atoms with Crippen LogP contribution in [0.4, 0.5) is 0 Å². The Labute approximate surface area is 87.5 Å². The second-order valence-electron chi connectivity index (χ2n) is 3.67. The average Bonchev–Trinajstić information content (AvgIpc) is 2.65. The molecule has 1 aromatic heterocycles. The number of piperidine rings is 1. The maximum Gasteiger partial charge on any atom is 0.222 e. The number of amides is 1. The van der Waals surface area contributed by atoms with Gasteiger partial charge in [0, 0.05) is 24.4 Å². The zero-order valence-electron chi connectivity index (χ0n) is 8.14. The van der Waals surface area contributed by atoms with Crippen LogP contribution >= 0.6 is 11.3 Å². The molecule has 0 aromatic carbocycles. The molecule has 0 radical (unpaired) electrons. The standard InChI is InChI=1S/C10H14N2OS/c1-12-9(13)5-4-7(11)10(12)8-3-2-6-14-8/h2-3,6-7,10H,4-5,11H2,1H3/t7-,10-/m0/s1. The van der Waals surface area contributed by atoms with Crippen LogP contribution in [0.25, 0.3) is 0 Å². The van der Waals surface area contributed by atoms with Gasteiger partial charge in [-0.1, -0.05) is 6.07 Å². The summed E-state index contributed by atoms with van der Waals surface area (Å²) in [4.78, 5) is 14.5. The van der Waals surface area contributed by atoms with Crippen molar-refractivity contribution in [1.82, 2.24) is 4.90 Å². The lowest BCUT2D eigenvalue weighted by atomic mass is 9.96. The van der Waals surface area contributed by atoms with Crippen LogP contribution in [-0.4, -0.2) is 23.9 Å². The number of hydrogen-bond donors (Lipinski definition) is 1. The Kier molecular flexibility index (Phi) is 2.56. The van der Waals surface area contributed by atoms with E-state index in [1.807, 2.05) is 24.6 Å². The molecule has 0 spiro atoms. The van der Waals surface area contributed by atoms with E-state index in [1.54, 1.807) is 16.2 Å². The van der Waals surface area contributed by atoms with Gasteiger partial charge in [-0.15, -0.1) is 11.3 Å². The molecular weight excluding hydrogens is 196 g/mol. The molecule has 2 heterocycles. The summed E-state index contributed by atoms with van der Waals surface area (Å²) in [6, 6.07) is 4.21. The Bertz CT molecular complexity index is 323. The summed E-state index contributed by atoms with van der Waals surface area (Å²) in [7, 11) is 1.84. The van der Waals surface area contributed by atoms with E-state index in [2.05, 4.69) is 0 Å². The van der Waals surface area contributed by atoms with Gasteiger partial charge >= 0.3 is 0 Å². The number of hydrogen-bond acceptors (Lipinski definition) is 3. The van der Waals surface area contributed by atoms with E-state index in [4.69, 9.17) is 5.73 Å². The van der Waals surface area contributed by atoms with Gasteiger partial charge in [-0.2, -0.15) is 0 Å². The molecule has 1 saturated heterocycles. The van der Waals surface area contributed by atoms with Crippen LogP contribution in [0.2, 0.25) is 0 Å².